The number of amides is 2. The first-order valence-corrected chi connectivity index (χ1v) is 10.2. The highest BCUT2D eigenvalue weighted by atomic mass is 35.5. The highest BCUT2D eigenvalue weighted by molar-refractivity contribution is 6.35. The molecule has 2 atom stereocenters. The van der Waals surface area contributed by atoms with Crippen molar-refractivity contribution in [3.8, 4) is 0 Å². The largest absolute Gasteiger partial charge is 0.370 e. The van der Waals surface area contributed by atoms with Gasteiger partial charge >= 0.3 is 6.03 Å². The highest BCUT2D eigenvalue weighted by Gasteiger charge is 2.49. The molecule has 0 saturated heterocycles. The average Bonchev–Trinajstić information content (AvgIpc) is 3.47. The summed E-state index contributed by atoms with van der Waals surface area (Å²) < 4.78 is 0. The van der Waals surface area contributed by atoms with Gasteiger partial charge in [0.05, 0.1) is 15.9 Å². The Bertz CT molecular complexity index is 792. The number of nitrogens with two attached hydrogens (primary N) is 1. The van der Waals surface area contributed by atoms with Crippen molar-refractivity contribution in [2.45, 2.75) is 29.5 Å². The molecule has 1 heterocycles. The Morgan fingerprint density at radius 3 is 2.82 bits per heavy atom. The molecule has 7 nitrogen and oxygen atoms in total. The number of nitrogens with one attached hydrogen (secondary N) is 2. The topological polar surface area (TPSA) is 96.2 Å². The van der Waals surface area contributed by atoms with Crippen LogP contribution in [0.3, 0.4) is 0 Å². The molecule has 2 unspecified atom stereocenters. The average molecular weight is 425 g/mol. The van der Waals surface area contributed by atoms with Crippen molar-refractivity contribution in [1.82, 2.24) is 20.2 Å². The normalized spacial score (nSPS) is 24.5. The van der Waals surface area contributed by atoms with Gasteiger partial charge in [-0.25, -0.2) is 14.8 Å². The van der Waals surface area contributed by atoms with Crippen LogP contribution in [-0.4, -0.2) is 58.3 Å². The fourth-order valence-corrected chi connectivity index (χ4v) is 3.99. The summed E-state index contributed by atoms with van der Waals surface area (Å²) in [5.41, 5.74) is 6.45. The molecule has 1 aromatic heterocycles. The first-order valence-electron chi connectivity index (χ1n) is 9.36. The standard InChI is InChI=1S/C19H26Cl2N6O/c1-27(2)9-3-7-23-16-6-8-24-17(26-16)13-11-19(21,12-4-5-12)15(20)10-14(13)25-18(22)28/h6,8,10-12,15H,3-5,7,9H2,1-2H3,(H3,22,25,28)(H,23,24,26). The minimum Gasteiger partial charge on any atom is -0.370 e. The number of alkyl halides is 2. The molecule has 0 aliphatic heterocycles. The minimum absolute atomic E-state index is 0.297. The van der Waals surface area contributed by atoms with Gasteiger partial charge in [-0.2, -0.15) is 0 Å². The van der Waals surface area contributed by atoms with Crippen molar-refractivity contribution in [3.05, 3.63) is 35.9 Å². The van der Waals surface area contributed by atoms with E-state index < -0.39 is 16.3 Å². The van der Waals surface area contributed by atoms with Gasteiger partial charge in [-0.1, -0.05) is 0 Å². The molecule has 0 spiro atoms. The van der Waals surface area contributed by atoms with Gasteiger partial charge in [0.25, 0.3) is 0 Å². The second-order valence-electron chi connectivity index (χ2n) is 7.48. The highest BCUT2D eigenvalue weighted by Crippen LogP contribution is 2.52. The van der Waals surface area contributed by atoms with Crippen molar-refractivity contribution < 1.29 is 4.79 Å². The summed E-state index contributed by atoms with van der Waals surface area (Å²) in [6, 6.07) is 1.14. The van der Waals surface area contributed by atoms with Crippen molar-refractivity contribution in [2.75, 3.05) is 32.5 Å². The van der Waals surface area contributed by atoms with Gasteiger partial charge in [0.15, 0.2) is 5.82 Å². The maximum Gasteiger partial charge on any atom is 0.316 e. The third-order valence-corrected chi connectivity index (χ3v) is 6.09. The number of allylic oxidation sites excluding steroid dienone is 3. The first-order chi connectivity index (χ1) is 13.3. The summed E-state index contributed by atoms with van der Waals surface area (Å²) in [6.07, 6.45) is 8.32. The molecule has 2 amide bonds. The molecule has 1 saturated carbocycles. The van der Waals surface area contributed by atoms with Gasteiger partial charge in [-0.3, -0.25) is 0 Å². The molecular weight excluding hydrogens is 399 g/mol. The van der Waals surface area contributed by atoms with Crippen LogP contribution < -0.4 is 16.4 Å². The monoisotopic (exact) mass is 424 g/mol. The van der Waals surface area contributed by atoms with Gasteiger partial charge < -0.3 is 21.3 Å². The second-order valence-corrected chi connectivity index (χ2v) is 8.60. The Kier molecular flexibility index (Phi) is 6.47. The summed E-state index contributed by atoms with van der Waals surface area (Å²) in [7, 11) is 4.08. The fraction of sp³-hybridized carbons (Fsp3) is 0.526. The molecule has 2 aliphatic carbocycles. The van der Waals surface area contributed by atoms with Crippen LogP contribution >= 0.6 is 23.2 Å². The predicted molar refractivity (Wildman–Crippen MR) is 113 cm³/mol. The van der Waals surface area contributed by atoms with Crippen molar-refractivity contribution in [1.29, 1.82) is 0 Å². The molecule has 1 aromatic rings. The molecule has 3 rings (SSSR count). The van der Waals surface area contributed by atoms with E-state index in [2.05, 4.69) is 25.5 Å². The zero-order chi connectivity index (χ0) is 20.3. The number of hydrogen-bond acceptors (Lipinski definition) is 5. The number of carbonyl (C=O) groups is 1. The van der Waals surface area contributed by atoms with E-state index in [4.69, 9.17) is 28.9 Å². The van der Waals surface area contributed by atoms with Crippen LogP contribution in [0.2, 0.25) is 0 Å². The predicted octanol–water partition coefficient (Wildman–Crippen LogP) is 2.78. The lowest BCUT2D eigenvalue weighted by atomic mass is 9.88. The number of carbonyl (C=O) groups excluding carboxylic acids is 1. The first kappa shape index (κ1) is 20.9. The van der Waals surface area contributed by atoms with Gasteiger partial charge in [-0.05, 0) is 64.0 Å². The smallest absolute Gasteiger partial charge is 0.316 e. The lowest BCUT2D eigenvalue weighted by molar-refractivity contribution is 0.251. The quantitative estimate of drug-likeness (QED) is 0.440. The van der Waals surface area contributed by atoms with E-state index in [0.29, 0.717) is 28.8 Å². The van der Waals surface area contributed by atoms with Crippen LogP contribution in [0.15, 0.2) is 30.1 Å². The zero-order valence-corrected chi connectivity index (χ0v) is 17.6. The maximum absolute atomic E-state index is 11.5. The number of anilines is 1. The maximum atomic E-state index is 11.5. The van der Waals surface area contributed by atoms with Gasteiger partial charge in [-0.15, -0.1) is 23.2 Å². The molecule has 0 aromatic carbocycles. The number of primary amides is 1. The fourth-order valence-electron chi connectivity index (χ4n) is 3.24. The number of urea groups is 1. The molecule has 28 heavy (non-hydrogen) atoms. The Morgan fingerprint density at radius 1 is 1.43 bits per heavy atom. The molecule has 152 valence electrons. The number of aromatic nitrogens is 2. The Labute approximate surface area is 175 Å². The van der Waals surface area contributed by atoms with E-state index in [-0.39, 0.29) is 0 Å². The molecule has 1 fully saturated rings. The number of halogens is 2. The van der Waals surface area contributed by atoms with Crippen LogP contribution in [0.5, 0.6) is 0 Å². The molecule has 0 radical (unpaired) electrons. The molecule has 9 heteroatoms. The third-order valence-electron chi connectivity index (χ3n) is 4.84. The molecule has 4 N–H and O–H groups in total. The summed E-state index contributed by atoms with van der Waals surface area (Å²) in [6.45, 7) is 1.78. The van der Waals surface area contributed by atoms with Crippen LogP contribution in [0.1, 0.15) is 25.1 Å². The lowest BCUT2D eigenvalue weighted by Gasteiger charge is -2.32. The third kappa shape index (κ3) is 4.96. The Hall–Kier alpha value is -1.83. The van der Waals surface area contributed by atoms with E-state index in [9.17, 15) is 4.79 Å². The van der Waals surface area contributed by atoms with Crippen LogP contribution in [0.25, 0.3) is 5.57 Å². The number of hydrogen-bond donors (Lipinski definition) is 3. The van der Waals surface area contributed by atoms with E-state index in [0.717, 1.165) is 32.4 Å². The molecule has 0 bridgehead atoms. The van der Waals surface area contributed by atoms with Crippen LogP contribution in [-0.2, 0) is 0 Å². The molecular formula is C19H26Cl2N6O. The summed E-state index contributed by atoms with van der Waals surface area (Å²) in [5.74, 6) is 1.47. The van der Waals surface area contributed by atoms with Crippen molar-refractivity contribution >= 4 is 40.6 Å². The SMILES string of the molecule is CN(C)CCCNc1ccnc(C2=CC(Cl)(C3CC3)C(Cl)C=C2NC(N)=O)n1. The second kappa shape index (κ2) is 8.68. The van der Waals surface area contributed by atoms with E-state index in [1.807, 2.05) is 26.2 Å². The van der Waals surface area contributed by atoms with Crippen molar-refractivity contribution in [2.24, 2.45) is 11.7 Å². The summed E-state index contributed by atoms with van der Waals surface area (Å²) >= 11 is 13.4. The van der Waals surface area contributed by atoms with E-state index >= 15 is 0 Å². The number of nitrogens with zero attached hydrogens (tertiary/aromatic N) is 3. The van der Waals surface area contributed by atoms with Gasteiger partial charge in [0, 0.05) is 18.3 Å². The molecule has 2 aliphatic rings. The van der Waals surface area contributed by atoms with Crippen LogP contribution in [0, 0.1) is 5.92 Å². The summed E-state index contributed by atoms with van der Waals surface area (Å²) in [4.78, 5) is 21.9. The van der Waals surface area contributed by atoms with Gasteiger partial charge in [0.1, 0.15) is 5.82 Å². The number of rotatable bonds is 8. The van der Waals surface area contributed by atoms with E-state index in [1.54, 1.807) is 12.3 Å². The Morgan fingerprint density at radius 2 is 2.18 bits per heavy atom. The lowest BCUT2D eigenvalue weighted by Crippen LogP contribution is -2.39. The van der Waals surface area contributed by atoms with Gasteiger partial charge in [0.2, 0.25) is 0 Å². The zero-order valence-electron chi connectivity index (χ0n) is 16.1. The van der Waals surface area contributed by atoms with Crippen molar-refractivity contribution in [3.63, 3.8) is 0 Å². The van der Waals surface area contributed by atoms with Crippen LogP contribution in [0.4, 0.5) is 10.6 Å². The van der Waals surface area contributed by atoms with E-state index in [1.165, 1.54) is 0 Å². The minimum atomic E-state index is -0.724. The summed E-state index contributed by atoms with van der Waals surface area (Å²) in [5, 5.41) is 5.47. The Balaban J connectivity index is 1.84.